The Morgan fingerprint density at radius 1 is 1.11 bits per heavy atom. The van der Waals surface area contributed by atoms with E-state index in [0.29, 0.717) is 41.4 Å². The van der Waals surface area contributed by atoms with E-state index in [4.69, 9.17) is 4.74 Å². The molecule has 0 aliphatic heterocycles. The molecule has 2 N–H and O–H groups in total. The highest BCUT2D eigenvalue weighted by Crippen LogP contribution is 2.34. The van der Waals surface area contributed by atoms with Crippen molar-refractivity contribution in [1.82, 2.24) is 30.2 Å². The number of benzene rings is 1. The summed E-state index contributed by atoms with van der Waals surface area (Å²) in [6.07, 6.45) is 6.77. The third kappa shape index (κ3) is 4.99. The van der Waals surface area contributed by atoms with Gasteiger partial charge < -0.3 is 15.4 Å². The molecule has 0 radical (unpaired) electrons. The maximum Gasteiger partial charge on any atom is 0.254 e. The number of nitrogens with zero attached hydrogens (tertiary/aromatic N) is 5. The highest BCUT2D eigenvalue weighted by Gasteiger charge is 2.29. The van der Waals surface area contributed by atoms with Gasteiger partial charge in [0, 0.05) is 55.5 Å². The maximum absolute atomic E-state index is 14.5. The van der Waals surface area contributed by atoms with E-state index >= 15 is 0 Å². The van der Waals surface area contributed by atoms with Crippen LogP contribution in [0.2, 0.25) is 0 Å². The lowest BCUT2D eigenvalue weighted by Crippen LogP contribution is -2.31. The molecule has 0 saturated carbocycles. The zero-order chi connectivity index (χ0) is 25.7. The van der Waals surface area contributed by atoms with E-state index in [1.807, 2.05) is 18.2 Å². The Morgan fingerprint density at radius 2 is 1.89 bits per heavy atom. The van der Waals surface area contributed by atoms with Crippen LogP contribution >= 0.6 is 0 Å². The molecule has 1 atom stereocenters. The summed E-state index contributed by atoms with van der Waals surface area (Å²) in [6, 6.07) is 7.36. The summed E-state index contributed by atoms with van der Waals surface area (Å²) < 4.78 is 19.6. The van der Waals surface area contributed by atoms with E-state index in [0.717, 1.165) is 23.7 Å². The third-order valence-electron chi connectivity index (χ3n) is 6.34. The van der Waals surface area contributed by atoms with Gasteiger partial charge in [0.2, 0.25) is 0 Å². The fourth-order valence-electron chi connectivity index (χ4n) is 4.04. The van der Waals surface area contributed by atoms with E-state index in [9.17, 15) is 9.18 Å². The molecule has 186 valence electrons. The number of anilines is 1. The zero-order valence-corrected chi connectivity index (χ0v) is 20.7. The van der Waals surface area contributed by atoms with Crippen LogP contribution < -0.4 is 10.6 Å². The molecule has 4 aromatic rings. The van der Waals surface area contributed by atoms with Crippen LogP contribution in [0.1, 0.15) is 42.0 Å². The number of para-hydroxylation sites is 1. The van der Waals surface area contributed by atoms with Crippen molar-refractivity contribution in [3.63, 3.8) is 0 Å². The first kappa shape index (κ1) is 25.1. The number of hydrogen-bond donors (Lipinski definition) is 2. The lowest BCUT2D eigenvalue weighted by Gasteiger charge is -2.30. The summed E-state index contributed by atoms with van der Waals surface area (Å²) in [6.45, 7) is 5.04. The molecule has 0 saturated heterocycles. The van der Waals surface area contributed by atoms with Crippen molar-refractivity contribution < 1.29 is 13.9 Å². The number of aromatic nitrogens is 5. The fraction of sp³-hybridized carbons (Fsp3) is 0.308. The number of carbonyl (C=O) groups is 1. The van der Waals surface area contributed by atoms with Gasteiger partial charge in [-0.2, -0.15) is 0 Å². The number of hydrogen-bond acceptors (Lipinski definition) is 8. The Bertz CT molecular complexity index is 1380. The second-order valence-corrected chi connectivity index (χ2v) is 8.64. The molecule has 3 heterocycles. The van der Waals surface area contributed by atoms with E-state index in [1.165, 1.54) is 13.4 Å². The van der Waals surface area contributed by atoms with Gasteiger partial charge >= 0.3 is 0 Å². The fourth-order valence-corrected chi connectivity index (χ4v) is 4.04. The molecule has 9 nitrogen and oxygen atoms in total. The van der Waals surface area contributed by atoms with Crippen molar-refractivity contribution in [1.29, 1.82) is 0 Å². The molecule has 0 aliphatic carbocycles. The number of amides is 1. The molecule has 0 fully saturated rings. The first-order chi connectivity index (χ1) is 17.4. The van der Waals surface area contributed by atoms with Crippen LogP contribution in [0, 0.1) is 5.82 Å². The molecule has 1 aromatic carbocycles. The van der Waals surface area contributed by atoms with Crippen LogP contribution in [0.15, 0.2) is 49.2 Å². The number of pyridine rings is 1. The van der Waals surface area contributed by atoms with Gasteiger partial charge in [-0.3, -0.25) is 9.78 Å². The summed E-state index contributed by atoms with van der Waals surface area (Å²) in [7, 11) is 3.07. The molecule has 0 unspecified atom stereocenters. The molecular formula is C26H28FN7O2. The van der Waals surface area contributed by atoms with Gasteiger partial charge in [-0.25, -0.2) is 24.3 Å². The molecule has 0 spiro atoms. The second kappa shape index (κ2) is 10.7. The van der Waals surface area contributed by atoms with Gasteiger partial charge in [-0.05, 0) is 12.0 Å². The smallest absolute Gasteiger partial charge is 0.254 e. The van der Waals surface area contributed by atoms with Gasteiger partial charge in [0.05, 0.1) is 23.0 Å². The quantitative estimate of drug-likeness (QED) is 0.364. The molecule has 1 amide bonds. The minimum absolute atomic E-state index is 0.00468. The molecule has 3 aromatic heterocycles. The standard InChI is InChI=1S/C26H28FN7O2/c1-5-26(2,18-8-6-7-17-23(25(35)28-3)19(27)12-31-24(17)18)14-32-21-9-20(33-15-34-21)16-10-29-22(13-36-4)30-11-16/h6-12,15H,5,13-14H2,1-4H3,(H,28,35)(H,32,33,34)/t26-/m1/s1. The zero-order valence-electron chi connectivity index (χ0n) is 20.7. The lowest BCUT2D eigenvalue weighted by atomic mass is 9.78. The van der Waals surface area contributed by atoms with E-state index < -0.39 is 11.7 Å². The number of fused-ring (bicyclic) bond motifs is 1. The number of carbonyl (C=O) groups excluding carboxylic acids is 1. The topological polar surface area (TPSA) is 115 Å². The molecule has 36 heavy (non-hydrogen) atoms. The largest absolute Gasteiger partial charge is 0.377 e. The first-order valence-corrected chi connectivity index (χ1v) is 11.6. The van der Waals surface area contributed by atoms with E-state index in [-0.39, 0.29) is 11.0 Å². The van der Waals surface area contributed by atoms with Crippen molar-refractivity contribution in [2.45, 2.75) is 32.3 Å². The Balaban J connectivity index is 1.62. The van der Waals surface area contributed by atoms with Crippen LogP contribution in [0.3, 0.4) is 0 Å². The summed E-state index contributed by atoms with van der Waals surface area (Å²) in [5.74, 6) is 0.102. The van der Waals surface area contributed by atoms with Gasteiger partial charge in [-0.1, -0.05) is 32.0 Å². The van der Waals surface area contributed by atoms with Crippen LogP contribution in [0.25, 0.3) is 22.2 Å². The van der Waals surface area contributed by atoms with E-state index in [2.05, 4.69) is 49.4 Å². The predicted octanol–water partition coefficient (Wildman–Crippen LogP) is 3.91. The SMILES string of the molecule is CC[C@](C)(CNc1cc(-c2cnc(COC)nc2)ncn1)c1cccc2c(C(=O)NC)c(F)cnc12. The first-order valence-electron chi connectivity index (χ1n) is 11.6. The predicted molar refractivity (Wildman–Crippen MR) is 135 cm³/mol. The van der Waals surface area contributed by atoms with Gasteiger partial charge in [0.15, 0.2) is 11.6 Å². The van der Waals surface area contributed by atoms with Crippen molar-refractivity contribution in [2.75, 3.05) is 26.0 Å². The minimum atomic E-state index is -0.650. The molecule has 4 rings (SSSR count). The highest BCUT2D eigenvalue weighted by atomic mass is 19.1. The van der Waals surface area contributed by atoms with Crippen LogP contribution in [-0.2, 0) is 16.8 Å². The molecule has 10 heteroatoms. The molecular weight excluding hydrogens is 461 g/mol. The Labute approximate surface area is 208 Å². The molecule has 0 aliphatic rings. The summed E-state index contributed by atoms with van der Waals surface area (Å²) in [5, 5.41) is 6.40. The van der Waals surface area contributed by atoms with Crippen molar-refractivity contribution >= 4 is 22.6 Å². The van der Waals surface area contributed by atoms with Crippen molar-refractivity contribution in [3.05, 3.63) is 72.0 Å². The van der Waals surface area contributed by atoms with Gasteiger partial charge in [0.1, 0.15) is 18.8 Å². The third-order valence-corrected chi connectivity index (χ3v) is 6.34. The number of halogens is 1. The Hall–Kier alpha value is -4.05. The Morgan fingerprint density at radius 3 is 2.58 bits per heavy atom. The van der Waals surface area contributed by atoms with E-state index in [1.54, 1.807) is 25.6 Å². The highest BCUT2D eigenvalue weighted by molar-refractivity contribution is 6.06. The average molecular weight is 490 g/mol. The summed E-state index contributed by atoms with van der Waals surface area (Å²) in [5.41, 5.74) is 2.57. The number of rotatable bonds is 9. The van der Waals surface area contributed by atoms with Gasteiger partial charge in [0.25, 0.3) is 5.91 Å². The molecule has 0 bridgehead atoms. The van der Waals surface area contributed by atoms with Crippen LogP contribution in [0.5, 0.6) is 0 Å². The van der Waals surface area contributed by atoms with Crippen LogP contribution in [0.4, 0.5) is 10.2 Å². The lowest BCUT2D eigenvalue weighted by molar-refractivity contribution is 0.0960. The number of methoxy groups -OCH3 is 1. The number of ether oxygens (including phenoxy) is 1. The summed E-state index contributed by atoms with van der Waals surface area (Å²) in [4.78, 5) is 34.0. The van der Waals surface area contributed by atoms with Gasteiger partial charge in [-0.15, -0.1) is 0 Å². The second-order valence-electron chi connectivity index (χ2n) is 8.64. The normalized spacial score (nSPS) is 12.8. The summed E-state index contributed by atoms with van der Waals surface area (Å²) >= 11 is 0. The maximum atomic E-state index is 14.5. The van der Waals surface area contributed by atoms with Crippen molar-refractivity contribution in [2.24, 2.45) is 0 Å². The minimum Gasteiger partial charge on any atom is -0.377 e. The van der Waals surface area contributed by atoms with Crippen molar-refractivity contribution in [3.8, 4) is 11.3 Å². The Kier molecular flexibility index (Phi) is 7.44. The average Bonchev–Trinajstić information content (AvgIpc) is 2.91. The van der Waals surface area contributed by atoms with Crippen LogP contribution in [-0.4, -0.2) is 51.5 Å². The monoisotopic (exact) mass is 489 g/mol. The number of nitrogens with one attached hydrogen (secondary N) is 2.